The average molecular weight is 221 g/mol. The van der Waals surface area contributed by atoms with Crippen molar-refractivity contribution >= 4 is 11.4 Å². The second kappa shape index (κ2) is 3.50. The zero-order chi connectivity index (χ0) is 11.7. The molecule has 16 heavy (non-hydrogen) atoms. The van der Waals surface area contributed by atoms with Crippen LogP contribution in [-0.2, 0) is 0 Å². The molecule has 0 radical (unpaired) electrons. The quantitative estimate of drug-likeness (QED) is 0.380. The zero-order valence-corrected chi connectivity index (χ0v) is 7.93. The van der Waals surface area contributed by atoms with Gasteiger partial charge in [-0.3, -0.25) is 15.1 Å². The summed E-state index contributed by atoms with van der Waals surface area (Å²) in [7, 11) is 0. The molecular formula is C8H7N5O3. The van der Waals surface area contributed by atoms with Crippen molar-refractivity contribution in [1.29, 1.82) is 0 Å². The van der Waals surface area contributed by atoms with Crippen molar-refractivity contribution < 1.29 is 4.92 Å². The summed E-state index contributed by atoms with van der Waals surface area (Å²) < 4.78 is 0. The van der Waals surface area contributed by atoms with E-state index in [1.165, 1.54) is 18.2 Å². The molecule has 1 aromatic carbocycles. The van der Waals surface area contributed by atoms with E-state index in [2.05, 4.69) is 15.2 Å². The Labute approximate surface area is 88.3 Å². The molecule has 0 aliphatic heterocycles. The normalized spacial score (nSPS) is 10.2. The van der Waals surface area contributed by atoms with Crippen molar-refractivity contribution in [2.75, 3.05) is 5.73 Å². The van der Waals surface area contributed by atoms with Gasteiger partial charge in [-0.2, -0.15) is 5.10 Å². The van der Waals surface area contributed by atoms with E-state index in [0.717, 1.165) is 0 Å². The predicted molar refractivity (Wildman–Crippen MR) is 55.7 cm³/mol. The third-order valence-electron chi connectivity index (χ3n) is 2.00. The number of rotatable bonds is 2. The highest BCUT2D eigenvalue weighted by Crippen LogP contribution is 2.26. The van der Waals surface area contributed by atoms with E-state index in [4.69, 9.17) is 5.73 Å². The summed E-state index contributed by atoms with van der Waals surface area (Å²) in [5.41, 5.74) is 5.21. The smallest absolute Gasteiger partial charge is 0.340 e. The summed E-state index contributed by atoms with van der Waals surface area (Å²) in [6.07, 6.45) is 0. The van der Waals surface area contributed by atoms with Crippen molar-refractivity contribution in [2.24, 2.45) is 0 Å². The third kappa shape index (κ3) is 1.63. The highest BCUT2D eigenvalue weighted by Gasteiger charge is 2.13. The minimum Gasteiger partial charge on any atom is -0.393 e. The van der Waals surface area contributed by atoms with Gasteiger partial charge in [0.05, 0.1) is 4.92 Å². The summed E-state index contributed by atoms with van der Waals surface area (Å²) in [6.45, 7) is 0. The number of nitrogens with zero attached hydrogens (tertiary/aromatic N) is 2. The van der Waals surface area contributed by atoms with E-state index in [-0.39, 0.29) is 17.2 Å². The molecule has 0 saturated heterocycles. The molecule has 2 rings (SSSR count). The van der Waals surface area contributed by atoms with Crippen LogP contribution in [0.2, 0.25) is 0 Å². The molecule has 0 amide bonds. The van der Waals surface area contributed by atoms with Gasteiger partial charge in [-0.15, -0.1) is 0 Å². The SMILES string of the molecule is Nc1ccc(-c2n[nH]c(=O)[nH]2)cc1[N+](=O)[O-]. The highest BCUT2D eigenvalue weighted by atomic mass is 16.6. The molecule has 4 N–H and O–H groups in total. The lowest BCUT2D eigenvalue weighted by molar-refractivity contribution is -0.383. The number of nitro groups is 1. The van der Waals surface area contributed by atoms with Crippen LogP contribution in [-0.4, -0.2) is 20.1 Å². The molecule has 0 atom stereocenters. The zero-order valence-electron chi connectivity index (χ0n) is 7.93. The van der Waals surface area contributed by atoms with Crippen LogP contribution in [0.1, 0.15) is 0 Å². The van der Waals surface area contributed by atoms with Crippen LogP contribution >= 0.6 is 0 Å². The van der Waals surface area contributed by atoms with Gasteiger partial charge in [0.25, 0.3) is 5.69 Å². The van der Waals surface area contributed by atoms with Crippen molar-refractivity contribution in [1.82, 2.24) is 15.2 Å². The Morgan fingerprint density at radius 3 is 2.75 bits per heavy atom. The molecule has 2 aromatic rings. The Hall–Kier alpha value is -2.64. The number of anilines is 1. The van der Waals surface area contributed by atoms with Crippen LogP contribution in [0.4, 0.5) is 11.4 Å². The Kier molecular flexibility index (Phi) is 2.16. The number of aromatic amines is 2. The number of H-pyrrole nitrogens is 2. The molecular weight excluding hydrogens is 214 g/mol. The number of nitrogens with two attached hydrogens (primary N) is 1. The fourth-order valence-corrected chi connectivity index (χ4v) is 1.26. The van der Waals surface area contributed by atoms with E-state index in [1.54, 1.807) is 0 Å². The van der Waals surface area contributed by atoms with Crippen molar-refractivity contribution in [3.8, 4) is 11.4 Å². The van der Waals surface area contributed by atoms with E-state index < -0.39 is 10.6 Å². The molecule has 0 aliphatic carbocycles. The maximum atomic E-state index is 10.8. The molecule has 0 fully saturated rings. The Bertz CT molecular complexity index is 600. The Morgan fingerprint density at radius 2 is 2.19 bits per heavy atom. The number of aromatic nitrogens is 3. The van der Waals surface area contributed by atoms with Crippen LogP contribution in [0.15, 0.2) is 23.0 Å². The molecule has 0 bridgehead atoms. The molecule has 0 unspecified atom stereocenters. The number of benzene rings is 1. The highest BCUT2D eigenvalue weighted by molar-refractivity contribution is 5.68. The Balaban J connectivity index is 2.55. The van der Waals surface area contributed by atoms with Gasteiger partial charge in [-0.1, -0.05) is 0 Å². The molecule has 8 nitrogen and oxygen atoms in total. The number of hydrogen-bond donors (Lipinski definition) is 3. The van der Waals surface area contributed by atoms with Gasteiger partial charge in [0.2, 0.25) is 0 Å². The molecule has 0 spiro atoms. The largest absolute Gasteiger partial charge is 0.393 e. The van der Waals surface area contributed by atoms with Gasteiger partial charge < -0.3 is 5.73 Å². The molecule has 0 saturated carbocycles. The maximum absolute atomic E-state index is 10.8. The molecule has 0 aliphatic rings. The molecule has 1 heterocycles. The lowest BCUT2D eigenvalue weighted by atomic mass is 10.1. The number of hydrogen-bond acceptors (Lipinski definition) is 5. The van der Waals surface area contributed by atoms with Gasteiger partial charge in [0.15, 0.2) is 5.82 Å². The fraction of sp³-hybridized carbons (Fsp3) is 0. The Morgan fingerprint density at radius 1 is 1.44 bits per heavy atom. The van der Waals surface area contributed by atoms with E-state index in [1.807, 2.05) is 0 Å². The van der Waals surface area contributed by atoms with E-state index in [9.17, 15) is 14.9 Å². The van der Waals surface area contributed by atoms with E-state index in [0.29, 0.717) is 5.56 Å². The minimum absolute atomic E-state index is 0.0617. The first kappa shape index (κ1) is 9.90. The second-order valence-corrected chi connectivity index (χ2v) is 3.06. The standard InChI is InChI=1S/C8H7N5O3/c9-5-2-1-4(3-6(5)13(15)16)7-10-8(14)12-11-7/h1-3H,9H2,(H2,10,11,12,14). The molecule has 8 heteroatoms. The van der Waals surface area contributed by atoms with Gasteiger partial charge in [-0.25, -0.2) is 9.89 Å². The minimum atomic E-state index is -0.594. The lowest BCUT2D eigenvalue weighted by Crippen LogP contribution is -2.00. The van der Waals surface area contributed by atoms with Crippen LogP contribution in [0, 0.1) is 10.1 Å². The van der Waals surface area contributed by atoms with Crippen molar-refractivity contribution in [2.45, 2.75) is 0 Å². The number of nitrogen functional groups attached to an aromatic ring is 1. The summed E-state index contributed by atoms with van der Waals surface area (Å²) in [4.78, 5) is 23.3. The average Bonchev–Trinajstić information content (AvgIpc) is 2.65. The first-order valence-corrected chi connectivity index (χ1v) is 4.27. The van der Waals surface area contributed by atoms with E-state index >= 15 is 0 Å². The van der Waals surface area contributed by atoms with Crippen LogP contribution in [0.25, 0.3) is 11.4 Å². The van der Waals surface area contributed by atoms with Gasteiger partial charge in [0, 0.05) is 11.6 Å². The first-order chi connectivity index (χ1) is 7.58. The fourth-order valence-electron chi connectivity index (χ4n) is 1.26. The second-order valence-electron chi connectivity index (χ2n) is 3.06. The summed E-state index contributed by atoms with van der Waals surface area (Å²) >= 11 is 0. The van der Waals surface area contributed by atoms with Crippen LogP contribution in [0.5, 0.6) is 0 Å². The predicted octanol–water partition coefficient (Wildman–Crippen LogP) is 0.255. The van der Waals surface area contributed by atoms with Gasteiger partial charge >= 0.3 is 5.69 Å². The molecule has 1 aromatic heterocycles. The summed E-state index contributed by atoms with van der Waals surface area (Å²) in [5.74, 6) is 0.230. The number of nitro benzene ring substituents is 1. The lowest BCUT2D eigenvalue weighted by Gasteiger charge is -1.99. The van der Waals surface area contributed by atoms with Gasteiger partial charge in [-0.05, 0) is 12.1 Å². The summed E-state index contributed by atoms with van der Waals surface area (Å²) in [6, 6.07) is 4.18. The monoisotopic (exact) mass is 221 g/mol. The number of nitrogens with one attached hydrogen (secondary N) is 2. The van der Waals surface area contributed by atoms with Crippen molar-refractivity contribution in [3.63, 3.8) is 0 Å². The van der Waals surface area contributed by atoms with Gasteiger partial charge in [0.1, 0.15) is 5.69 Å². The summed E-state index contributed by atoms with van der Waals surface area (Å²) in [5, 5.41) is 16.5. The van der Waals surface area contributed by atoms with Crippen LogP contribution < -0.4 is 11.4 Å². The first-order valence-electron chi connectivity index (χ1n) is 4.27. The topological polar surface area (TPSA) is 131 Å². The van der Waals surface area contributed by atoms with Crippen LogP contribution in [0.3, 0.4) is 0 Å². The third-order valence-corrected chi connectivity index (χ3v) is 2.00. The van der Waals surface area contributed by atoms with Crippen molar-refractivity contribution in [3.05, 3.63) is 38.8 Å². The maximum Gasteiger partial charge on any atom is 0.340 e. The molecule has 82 valence electrons.